The van der Waals surface area contributed by atoms with E-state index in [1.165, 1.54) is 22.6 Å². The zero-order chi connectivity index (χ0) is 20.0. The SMILES string of the molecule is COc1cc2nc(N=Nc3cc4c5c(c3O)CCCN5CCC4)sc2cc1OC. The summed E-state index contributed by atoms with van der Waals surface area (Å²) in [7, 11) is 3.21. The molecule has 0 unspecified atom stereocenters. The predicted octanol–water partition coefficient (Wildman–Crippen LogP) is 5.13. The summed E-state index contributed by atoms with van der Waals surface area (Å²) in [5, 5.41) is 20.0. The Balaban J connectivity index is 1.52. The van der Waals surface area contributed by atoms with E-state index in [4.69, 9.17) is 9.47 Å². The Labute approximate surface area is 172 Å². The Bertz CT molecular complexity index is 1080. The lowest BCUT2D eigenvalue weighted by atomic mass is 9.90. The number of ether oxygens (including phenoxy) is 2. The van der Waals surface area contributed by atoms with Crippen LogP contribution in [0.3, 0.4) is 0 Å². The molecule has 150 valence electrons. The van der Waals surface area contributed by atoms with Gasteiger partial charge in [0.25, 0.3) is 0 Å². The zero-order valence-electron chi connectivity index (χ0n) is 16.4. The van der Waals surface area contributed by atoms with E-state index in [0.717, 1.165) is 54.6 Å². The quantitative estimate of drug-likeness (QED) is 0.603. The van der Waals surface area contributed by atoms with Crippen molar-refractivity contribution in [1.29, 1.82) is 0 Å². The van der Waals surface area contributed by atoms with Gasteiger partial charge in [0.1, 0.15) is 11.4 Å². The number of hydrogen-bond acceptors (Lipinski definition) is 8. The lowest BCUT2D eigenvalue weighted by Crippen LogP contribution is -2.34. The van der Waals surface area contributed by atoms with Gasteiger partial charge in [-0.25, -0.2) is 4.98 Å². The molecule has 2 aliphatic rings. The highest BCUT2D eigenvalue weighted by Crippen LogP contribution is 2.45. The van der Waals surface area contributed by atoms with Gasteiger partial charge in [0.05, 0.1) is 24.4 Å². The molecule has 1 aromatic heterocycles. The van der Waals surface area contributed by atoms with Gasteiger partial charge >= 0.3 is 0 Å². The summed E-state index contributed by atoms with van der Waals surface area (Å²) in [5.41, 5.74) is 4.80. The fourth-order valence-electron chi connectivity index (χ4n) is 4.28. The number of phenolic OH excluding ortho intramolecular Hbond substituents is 1. The van der Waals surface area contributed by atoms with Crippen LogP contribution >= 0.6 is 11.3 Å². The highest BCUT2D eigenvalue weighted by molar-refractivity contribution is 7.21. The van der Waals surface area contributed by atoms with Crippen LogP contribution in [-0.4, -0.2) is 37.4 Å². The van der Waals surface area contributed by atoms with Crippen molar-refractivity contribution in [2.45, 2.75) is 25.7 Å². The molecular weight excluding hydrogens is 388 g/mol. The first-order chi connectivity index (χ1) is 14.2. The van der Waals surface area contributed by atoms with Crippen LogP contribution < -0.4 is 14.4 Å². The molecule has 5 rings (SSSR count). The Hall–Kier alpha value is -2.87. The number of fused-ring (bicyclic) bond motifs is 1. The van der Waals surface area contributed by atoms with Crippen molar-refractivity contribution in [1.82, 2.24) is 4.98 Å². The number of anilines is 1. The molecule has 0 aliphatic carbocycles. The van der Waals surface area contributed by atoms with E-state index < -0.39 is 0 Å². The summed E-state index contributed by atoms with van der Waals surface area (Å²) < 4.78 is 11.6. The number of benzene rings is 2. The van der Waals surface area contributed by atoms with E-state index in [2.05, 4.69) is 20.1 Å². The average molecular weight is 410 g/mol. The van der Waals surface area contributed by atoms with Gasteiger partial charge < -0.3 is 19.5 Å². The van der Waals surface area contributed by atoms with Crippen LogP contribution in [-0.2, 0) is 12.8 Å². The Morgan fingerprint density at radius 3 is 2.59 bits per heavy atom. The molecule has 7 nitrogen and oxygen atoms in total. The molecule has 1 N–H and O–H groups in total. The Morgan fingerprint density at radius 1 is 1.03 bits per heavy atom. The molecule has 0 radical (unpaired) electrons. The lowest BCUT2D eigenvalue weighted by Gasteiger charge is -2.37. The topological polar surface area (TPSA) is 79.5 Å². The van der Waals surface area contributed by atoms with Crippen LogP contribution in [0, 0.1) is 0 Å². The van der Waals surface area contributed by atoms with Crippen molar-refractivity contribution >= 4 is 38.1 Å². The molecule has 0 saturated heterocycles. The average Bonchev–Trinajstić information content (AvgIpc) is 3.15. The number of hydrogen-bond donors (Lipinski definition) is 1. The normalized spacial score (nSPS) is 15.7. The van der Waals surface area contributed by atoms with Crippen LogP contribution in [0.25, 0.3) is 10.2 Å². The first-order valence-corrected chi connectivity index (χ1v) is 10.6. The van der Waals surface area contributed by atoms with E-state index in [1.807, 2.05) is 18.2 Å². The minimum absolute atomic E-state index is 0.253. The van der Waals surface area contributed by atoms with E-state index in [9.17, 15) is 5.11 Å². The van der Waals surface area contributed by atoms with E-state index in [-0.39, 0.29) is 5.75 Å². The summed E-state index contributed by atoms with van der Waals surface area (Å²) in [6.45, 7) is 2.14. The molecule has 0 bridgehead atoms. The van der Waals surface area contributed by atoms with E-state index in [1.54, 1.807) is 14.2 Å². The number of rotatable bonds is 4. The summed E-state index contributed by atoms with van der Waals surface area (Å²) in [4.78, 5) is 6.92. The highest BCUT2D eigenvalue weighted by Gasteiger charge is 2.27. The first-order valence-electron chi connectivity index (χ1n) is 9.75. The van der Waals surface area contributed by atoms with Crippen LogP contribution in [0.4, 0.5) is 16.5 Å². The summed E-state index contributed by atoms with van der Waals surface area (Å²) in [5.74, 6) is 1.54. The van der Waals surface area contributed by atoms with Crippen LogP contribution in [0.5, 0.6) is 17.2 Å². The third kappa shape index (κ3) is 3.07. The molecule has 0 saturated carbocycles. The van der Waals surface area contributed by atoms with Gasteiger partial charge in [0.15, 0.2) is 11.5 Å². The smallest absolute Gasteiger partial charge is 0.231 e. The van der Waals surface area contributed by atoms with Crippen LogP contribution in [0.15, 0.2) is 28.4 Å². The maximum atomic E-state index is 10.8. The molecule has 3 aromatic rings. The van der Waals surface area contributed by atoms with Crippen molar-refractivity contribution in [2.75, 3.05) is 32.2 Å². The Kier molecular flexibility index (Phi) is 4.50. The molecule has 3 heterocycles. The second-order valence-electron chi connectivity index (χ2n) is 7.30. The number of nitrogens with zero attached hydrogens (tertiary/aromatic N) is 4. The molecule has 0 amide bonds. The maximum absolute atomic E-state index is 10.8. The van der Waals surface area contributed by atoms with Gasteiger partial charge in [-0.05, 0) is 37.3 Å². The molecule has 29 heavy (non-hydrogen) atoms. The molecular formula is C21H22N4O3S. The predicted molar refractivity (Wildman–Crippen MR) is 114 cm³/mol. The molecule has 0 fully saturated rings. The van der Waals surface area contributed by atoms with Gasteiger partial charge in [-0.15, -0.1) is 10.2 Å². The molecule has 0 spiro atoms. The largest absolute Gasteiger partial charge is 0.505 e. The van der Waals surface area contributed by atoms with Crippen molar-refractivity contribution in [3.8, 4) is 17.2 Å². The first kappa shape index (κ1) is 18.2. The fraction of sp³-hybridized carbons (Fsp3) is 0.381. The number of thiazole rings is 1. The maximum Gasteiger partial charge on any atom is 0.231 e. The third-order valence-electron chi connectivity index (χ3n) is 5.60. The highest BCUT2D eigenvalue weighted by atomic mass is 32.1. The van der Waals surface area contributed by atoms with Crippen molar-refractivity contribution in [2.24, 2.45) is 10.2 Å². The summed E-state index contributed by atoms with van der Waals surface area (Å²) >= 11 is 1.42. The standard InChI is InChI=1S/C21H22N4O3S/c1-27-16-10-14-18(11-17(16)28-2)29-21(22-14)24-23-15-9-12-5-3-7-25-8-4-6-13(19(12)25)20(15)26/h9-11,26H,3-8H2,1-2H3. The minimum Gasteiger partial charge on any atom is -0.505 e. The fourth-order valence-corrected chi connectivity index (χ4v) is 5.08. The molecule has 2 aliphatic heterocycles. The van der Waals surface area contributed by atoms with Gasteiger partial charge in [0.2, 0.25) is 5.13 Å². The molecule has 8 heteroatoms. The van der Waals surface area contributed by atoms with Gasteiger partial charge in [-0.1, -0.05) is 11.3 Å². The van der Waals surface area contributed by atoms with E-state index in [0.29, 0.717) is 22.3 Å². The molecule has 2 aromatic carbocycles. The van der Waals surface area contributed by atoms with Gasteiger partial charge in [-0.2, -0.15) is 0 Å². The number of phenols is 1. The van der Waals surface area contributed by atoms with Gasteiger partial charge in [0, 0.05) is 36.5 Å². The van der Waals surface area contributed by atoms with Crippen molar-refractivity contribution in [3.63, 3.8) is 0 Å². The Morgan fingerprint density at radius 2 is 1.79 bits per heavy atom. The number of azo groups is 1. The third-order valence-corrected chi connectivity index (χ3v) is 6.50. The van der Waals surface area contributed by atoms with Crippen LogP contribution in [0.2, 0.25) is 0 Å². The second-order valence-corrected chi connectivity index (χ2v) is 8.31. The van der Waals surface area contributed by atoms with E-state index >= 15 is 0 Å². The molecule has 0 atom stereocenters. The summed E-state index contributed by atoms with van der Waals surface area (Å²) in [6.07, 6.45) is 4.09. The number of aryl methyl sites for hydroxylation is 1. The minimum atomic E-state index is 0.253. The monoisotopic (exact) mass is 410 g/mol. The van der Waals surface area contributed by atoms with Crippen LogP contribution in [0.1, 0.15) is 24.0 Å². The number of methoxy groups -OCH3 is 2. The lowest BCUT2D eigenvalue weighted by molar-refractivity contribution is 0.356. The van der Waals surface area contributed by atoms with Gasteiger partial charge in [-0.3, -0.25) is 0 Å². The second kappa shape index (κ2) is 7.18. The van der Waals surface area contributed by atoms with Crippen molar-refractivity contribution in [3.05, 3.63) is 29.3 Å². The summed E-state index contributed by atoms with van der Waals surface area (Å²) in [6, 6.07) is 5.70. The number of aromatic hydroxyl groups is 1. The zero-order valence-corrected chi connectivity index (χ0v) is 17.3. The van der Waals surface area contributed by atoms with Crippen molar-refractivity contribution < 1.29 is 14.6 Å². The number of aromatic nitrogens is 1.